The van der Waals surface area contributed by atoms with E-state index in [0.717, 1.165) is 38.5 Å². The lowest BCUT2D eigenvalue weighted by Crippen LogP contribution is -2.01. The fourth-order valence-corrected chi connectivity index (χ4v) is 3.15. The van der Waals surface area contributed by atoms with Crippen LogP contribution in [0.5, 0.6) is 0 Å². The van der Waals surface area contributed by atoms with E-state index >= 15 is 0 Å². The highest BCUT2D eigenvalue weighted by Gasteiger charge is 2.14. The Morgan fingerprint density at radius 3 is 2.12 bits per heavy atom. The molecule has 3 aromatic carbocycles. The van der Waals surface area contributed by atoms with Crippen LogP contribution in [0.25, 0.3) is 38.5 Å². The maximum absolute atomic E-state index is 5.97. The number of rotatable bonds is 1. The summed E-state index contributed by atoms with van der Waals surface area (Å²) in [6.07, 6.45) is 0. The first kappa shape index (κ1) is 13.0. The van der Waals surface area contributed by atoms with Gasteiger partial charge in [-0.05, 0) is 30.3 Å². The molecule has 0 amide bonds. The fraction of sp³-hybridized carbons (Fsp3) is 0. The summed E-state index contributed by atoms with van der Waals surface area (Å²) in [5, 5.41) is 10.7. The van der Waals surface area contributed by atoms with E-state index in [-0.39, 0.29) is 0 Å². The number of nitrogen functional groups attached to an aromatic ring is 1. The molecule has 2 aromatic heterocycles. The molecule has 5 rings (SSSR count). The molecule has 24 heavy (non-hydrogen) atoms. The number of para-hydroxylation sites is 2. The standard InChI is InChI=1S/C19H13N5/c20-12-9-10-17-18(11-12)24(23-22-17)19-13-5-1-3-7-15(13)21-16-8-4-2-6-14(16)19/h1-11H,20H2. The van der Waals surface area contributed by atoms with Crippen LogP contribution >= 0.6 is 0 Å². The van der Waals surface area contributed by atoms with E-state index < -0.39 is 0 Å². The molecule has 0 saturated carbocycles. The Balaban J connectivity index is 2.01. The average Bonchev–Trinajstić information content (AvgIpc) is 3.02. The Bertz CT molecular complexity index is 1170. The van der Waals surface area contributed by atoms with Crippen LogP contribution in [-0.2, 0) is 0 Å². The van der Waals surface area contributed by atoms with Crippen molar-refractivity contribution in [1.29, 1.82) is 0 Å². The molecule has 5 heteroatoms. The van der Waals surface area contributed by atoms with Gasteiger partial charge < -0.3 is 5.73 Å². The highest BCUT2D eigenvalue weighted by molar-refractivity contribution is 6.04. The summed E-state index contributed by atoms with van der Waals surface area (Å²) in [4.78, 5) is 4.76. The van der Waals surface area contributed by atoms with E-state index in [4.69, 9.17) is 10.7 Å². The van der Waals surface area contributed by atoms with Gasteiger partial charge in [-0.25, -0.2) is 9.67 Å². The van der Waals surface area contributed by atoms with Crippen molar-refractivity contribution in [1.82, 2.24) is 20.0 Å². The molecule has 0 bridgehead atoms. The predicted molar refractivity (Wildman–Crippen MR) is 96.1 cm³/mol. The molecule has 0 atom stereocenters. The van der Waals surface area contributed by atoms with Crippen LogP contribution < -0.4 is 5.73 Å². The van der Waals surface area contributed by atoms with Crippen molar-refractivity contribution >= 4 is 38.5 Å². The van der Waals surface area contributed by atoms with Gasteiger partial charge in [0.2, 0.25) is 0 Å². The van der Waals surface area contributed by atoms with Crippen molar-refractivity contribution in [2.45, 2.75) is 0 Å². The molecule has 0 aliphatic heterocycles. The second kappa shape index (κ2) is 4.76. The Labute approximate surface area is 137 Å². The van der Waals surface area contributed by atoms with Crippen LogP contribution in [0.4, 0.5) is 5.69 Å². The molecule has 0 radical (unpaired) electrons. The third kappa shape index (κ3) is 1.78. The molecule has 0 saturated heterocycles. The van der Waals surface area contributed by atoms with E-state index in [2.05, 4.69) is 22.4 Å². The van der Waals surface area contributed by atoms with Crippen molar-refractivity contribution < 1.29 is 0 Å². The summed E-state index contributed by atoms with van der Waals surface area (Å²) in [5.41, 5.74) is 11.2. The van der Waals surface area contributed by atoms with E-state index in [0.29, 0.717) is 5.69 Å². The lowest BCUT2D eigenvalue weighted by atomic mass is 10.1. The second-order valence-corrected chi connectivity index (χ2v) is 5.74. The average molecular weight is 311 g/mol. The Hall–Kier alpha value is -3.47. The summed E-state index contributed by atoms with van der Waals surface area (Å²) in [6.45, 7) is 0. The van der Waals surface area contributed by atoms with Gasteiger partial charge in [0.1, 0.15) is 5.52 Å². The Morgan fingerprint density at radius 1 is 0.750 bits per heavy atom. The molecule has 0 aliphatic carbocycles. The monoisotopic (exact) mass is 311 g/mol. The van der Waals surface area contributed by atoms with Crippen molar-refractivity contribution in [2.75, 3.05) is 5.73 Å². The number of aromatic nitrogens is 4. The van der Waals surface area contributed by atoms with Gasteiger partial charge in [-0.2, -0.15) is 0 Å². The minimum absolute atomic E-state index is 0.689. The molecule has 114 valence electrons. The predicted octanol–water partition coefficient (Wildman–Crippen LogP) is 3.70. The van der Waals surface area contributed by atoms with Crippen molar-refractivity contribution in [3.05, 3.63) is 66.7 Å². The lowest BCUT2D eigenvalue weighted by molar-refractivity contribution is 0.833. The first-order chi connectivity index (χ1) is 11.8. The Kier molecular flexibility index (Phi) is 2.58. The highest BCUT2D eigenvalue weighted by atomic mass is 15.4. The lowest BCUT2D eigenvalue weighted by Gasteiger charge is -2.11. The maximum atomic E-state index is 5.97. The summed E-state index contributed by atoms with van der Waals surface area (Å²) >= 11 is 0. The van der Waals surface area contributed by atoms with Gasteiger partial charge >= 0.3 is 0 Å². The number of benzene rings is 3. The van der Waals surface area contributed by atoms with Crippen LogP contribution in [0.2, 0.25) is 0 Å². The van der Waals surface area contributed by atoms with E-state index in [1.165, 1.54) is 0 Å². The van der Waals surface area contributed by atoms with Crippen molar-refractivity contribution in [3.8, 4) is 5.69 Å². The zero-order chi connectivity index (χ0) is 16.1. The minimum Gasteiger partial charge on any atom is -0.399 e. The van der Waals surface area contributed by atoms with Crippen molar-refractivity contribution in [2.24, 2.45) is 0 Å². The minimum atomic E-state index is 0.689. The van der Waals surface area contributed by atoms with Crippen LogP contribution in [0.15, 0.2) is 66.7 Å². The van der Waals surface area contributed by atoms with Crippen LogP contribution in [0.3, 0.4) is 0 Å². The summed E-state index contributed by atoms with van der Waals surface area (Å²) in [6, 6.07) is 21.8. The largest absolute Gasteiger partial charge is 0.399 e. The summed E-state index contributed by atoms with van der Waals surface area (Å²) in [5.74, 6) is 0. The molecule has 0 fully saturated rings. The molecule has 5 aromatic rings. The third-order valence-electron chi connectivity index (χ3n) is 4.24. The van der Waals surface area contributed by atoms with Crippen LogP contribution in [-0.4, -0.2) is 20.0 Å². The van der Waals surface area contributed by atoms with E-state index in [1.54, 1.807) is 0 Å². The number of hydrogen-bond acceptors (Lipinski definition) is 4. The van der Waals surface area contributed by atoms with Gasteiger partial charge in [0.25, 0.3) is 0 Å². The summed E-state index contributed by atoms with van der Waals surface area (Å²) in [7, 11) is 0. The Morgan fingerprint density at radius 2 is 1.42 bits per heavy atom. The third-order valence-corrected chi connectivity index (χ3v) is 4.24. The van der Waals surface area contributed by atoms with Crippen LogP contribution in [0, 0.1) is 0 Å². The number of hydrogen-bond donors (Lipinski definition) is 1. The smallest absolute Gasteiger partial charge is 0.113 e. The van der Waals surface area contributed by atoms with Crippen molar-refractivity contribution in [3.63, 3.8) is 0 Å². The van der Waals surface area contributed by atoms with Crippen LogP contribution in [0.1, 0.15) is 0 Å². The number of pyridine rings is 1. The molecule has 2 heterocycles. The molecule has 0 aliphatic rings. The van der Waals surface area contributed by atoms with Gasteiger partial charge in [-0.15, -0.1) is 5.10 Å². The van der Waals surface area contributed by atoms with Gasteiger partial charge in [0.15, 0.2) is 0 Å². The maximum Gasteiger partial charge on any atom is 0.113 e. The molecular weight excluding hydrogens is 298 g/mol. The molecule has 0 unspecified atom stereocenters. The summed E-state index contributed by atoms with van der Waals surface area (Å²) < 4.78 is 1.86. The topological polar surface area (TPSA) is 69.6 Å². The van der Waals surface area contributed by atoms with Gasteiger partial charge in [0, 0.05) is 16.5 Å². The SMILES string of the molecule is Nc1ccc2nnn(-c3c4ccccc4nc4ccccc34)c2c1. The number of nitrogens with two attached hydrogens (primary N) is 1. The molecule has 5 nitrogen and oxygen atoms in total. The number of anilines is 1. The number of nitrogens with zero attached hydrogens (tertiary/aromatic N) is 4. The highest BCUT2D eigenvalue weighted by Crippen LogP contribution is 2.31. The van der Waals surface area contributed by atoms with Gasteiger partial charge in [0.05, 0.1) is 22.2 Å². The molecule has 2 N–H and O–H groups in total. The number of fused-ring (bicyclic) bond motifs is 3. The molecular formula is C19H13N5. The first-order valence-corrected chi connectivity index (χ1v) is 7.70. The van der Waals surface area contributed by atoms with Gasteiger partial charge in [-0.3, -0.25) is 0 Å². The quantitative estimate of drug-likeness (QED) is 0.378. The second-order valence-electron chi connectivity index (χ2n) is 5.74. The molecule has 0 spiro atoms. The van der Waals surface area contributed by atoms with E-state index in [1.807, 2.05) is 59.3 Å². The zero-order valence-corrected chi connectivity index (χ0v) is 12.7. The first-order valence-electron chi connectivity index (χ1n) is 7.70. The van der Waals surface area contributed by atoms with E-state index in [9.17, 15) is 0 Å². The normalized spacial score (nSPS) is 11.5. The van der Waals surface area contributed by atoms with Gasteiger partial charge in [-0.1, -0.05) is 41.6 Å². The zero-order valence-electron chi connectivity index (χ0n) is 12.7. The fourth-order valence-electron chi connectivity index (χ4n) is 3.15.